The number of benzene rings is 2. The molecule has 1 amide bonds. The lowest BCUT2D eigenvalue weighted by Crippen LogP contribution is -3.08. The number of halogens is 1. The summed E-state index contributed by atoms with van der Waals surface area (Å²) in [6, 6.07) is 14.6. The van der Waals surface area contributed by atoms with E-state index in [2.05, 4.69) is 15.5 Å². The molecule has 2 aromatic carbocycles. The molecule has 8 heteroatoms. The molecule has 0 fully saturated rings. The molecule has 7 nitrogen and oxygen atoms in total. The fourth-order valence-electron chi connectivity index (χ4n) is 2.59. The number of carbonyl (C=O) groups is 1. The van der Waals surface area contributed by atoms with Gasteiger partial charge in [-0.1, -0.05) is 29.8 Å². The van der Waals surface area contributed by atoms with E-state index in [1.807, 2.05) is 37.4 Å². The zero-order valence-electron chi connectivity index (χ0n) is 15.0. The van der Waals surface area contributed by atoms with E-state index < -0.39 is 0 Å². The molecule has 0 spiro atoms. The van der Waals surface area contributed by atoms with Gasteiger partial charge in [-0.25, -0.2) is 0 Å². The number of aromatic nitrogens is 2. The molecule has 2 N–H and O–H groups in total. The van der Waals surface area contributed by atoms with Gasteiger partial charge in [0, 0.05) is 10.6 Å². The fourth-order valence-corrected chi connectivity index (χ4v) is 2.76. The maximum atomic E-state index is 12.3. The number of anilines is 1. The minimum atomic E-state index is -0.170. The second kappa shape index (κ2) is 8.66. The van der Waals surface area contributed by atoms with Gasteiger partial charge in [-0.2, -0.15) is 0 Å². The molecule has 27 heavy (non-hydrogen) atoms. The number of quaternary nitrogens is 1. The Labute approximate surface area is 161 Å². The van der Waals surface area contributed by atoms with Crippen LogP contribution in [-0.4, -0.2) is 36.8 Å². The zero-order chi connectivity index (χ0) is 19.2. The number of nitrogens with zero attached hydrogens (tertiary/aromatic N) is 2. The van der Waals surface area contributed by atoms with Crippen molar-refractivity contribution in [3.8, 4) is 17.2 Å². The molecule has 140 valence electrons. The van der Waals surface area contributed by atoms with Gasteiger partial charge in [-0.3, -0.25) is 4.79 Å². The first-order valence-electron chi connectivity index (χ1n) is 8.37. The quantitative estimate of drug-likeness (QED) is 0.648. The van der Waals surface area contributed by atoms with Crippen LogP contribution >= 0.6 is 11.6 Å². The second-order valence-electron chi connectivity index (χ2n) is 6.07. The Hall–Kier alpha value is -2.90. The van der Waals surface area contributed by atoms with Crippen LogP contribution in [-0.2, 0) is 11.3 Å². The first kappa shape index (κ1) is 18.9. The van der Waals surface area contributed by atoms with Gasteiger partial charge in [0.2, 0.25) is 5.89 Å². The number of likely N-dealkylation sites (N-methyl/N-ethyl adjacent to an activating group) is 1. The highest BCUT2D eigenvalue weighted by Gasteiger charge is 2.17. The Bertz CT molecular complexity index is 914. The molecule has 1 aromatic heterocycles. The van der Waals surface area contributed by atoms with E-state index in [0.29, 0.717) is 34.8 Å². The maximum absolute atomic E-state index is 12.3. The Kier molecular flexibility index (Phi) is 6.05. The third-order valence-corrected chi connectivity index (χ3v) is 4.07. The molecule has 0 aliphatic rings. The van der Waals surface area contributed by atoms with E-state index in [-0.39, 0.29) is 12.5 Å². The topological polar surface area (TPSA) is 81.7 Å². The van der Waals surface area contributed by atoms with Crippen molar-refractivity contribution in [2.45, 2.75) is 6.54 Å². The Morgan fingerprint density at radius 1 is 1.22 bits per heavy atom. The highest BCUT2D eigenvalue weighted by Crippen LogP contribution is 2.27. The van der Waals surface area contributed by atoms with Gasteiger partial charge in [-0.05, 0) is 30.3 Å². The summed E-state index contributed by atoms with van der Waals surface area (Å²) in [5.41, 5.74) is 1.40. The standard InChI is InChI=1S/C19H19ClN4O3/c1-24(11-17(25)21-15-10-14(20)8-9-16(15)26-2)12-18-22-23-19(27-18)13-6-4-3-5-7-13/h3-10H,11-12H2,1-2H3,(H,21,25)/p+1. The van der Waals surface area contributed by atoms with E-state index in [9.17, 15) is 4.79 Å². The number of ether oxygens (including phenoxy) is 1. The van der Waals surface area contributed by atoms with Gasteiger partial charge in [0.05, 0.1) is 19.8 Å². The average Bonchev–Trinajstić information content (AvgIpc) is 3.11. The van der Waals surface area contributed by atoms with Crippen LogP contribution in [0.3, 0.4) is 0 Å². The van der Waals surface area contributed by atoms with Crippen LogP contribution in [0.15, 0.2) is 52.9 Å². The summed E-state index contributed by atoms with van der Waals surface area (Å²) in [5, 5.41) is 11.4. The Balaban J connectivity index is 1.58. The average molecular weight is 388 g/mol. The highest BCUT2D eigenvalue weighted by atomic mass is 35.5. The predicted molar refractivity (Wildman–Crippen MR) is 102 cm³/mol. The summed E-state index contributed by atoms with van der Waals surface area (Å²) in [4.78, 5) is 13.2. The Morgan fingerprint density at radius 2 is 2.00 bits per heavy atom. The number of hydrogen-bond acceptors (Lipinski definition) is 5. The van der Waals surface area contributed by atoms with Crippen molar-refractivity contribution in [2.75, 3.05) is 26.0 Å². The molecular weight excluding hydrogens is 368 g/mol. The summed E-state index contributed by atoms with van der Waals surface area (Å²) in [6.07, 6.45) is 0. The monoisotopic (exact) mass is 387 g/mol. The van der Waals surface area contributed by atoms with Crippen LogP contribution in [0.4, 0.5) is 5.69 Å². The van der Waals surface area contributed by atoms with Gasteiger partial charge in [0.25, 0.3) is 11.8 Å². The van der Waals surface area contributed by atoms with Crippen molar-refractivity contribution in [3.63, 3.8) is 0 Å². The van der Waals surface area contributed by atoms with Crippen LogP contribution in [0.1, 0.15) is 5.89 Å². The smallest absolute Gasteiger partial charge is 0.279 e. The van der Waals surface area contributed by atoms with Crippen molar-refractivity contribution in [1.82, 2.24) is 10.2 Å². The summed E-state index contributed by atoms with van der Waals surface area (Å²) in [7, 11) is 3.41. The van der Waals surface area contributed by atoms with Crippen LogP contribution in [0.2, 0.25) is 5.02 Å². The predicted octanol–water partition coefficient (Wildman–Crippen LogP) is 2.05. The van der Waals surface area contributed by atoms with Crippen LogP contribution in [0, 0.1) is 0 Å². The zero-order valence-corrected chi connectivity index (χ0v) is 15.8. The molecule has 1 unspecified atom stereocenters. The van der Waals surface area contributed by atoms with Gasteiger partial charge < -0.3 is 19.4 Å². The number of rotatable bonds is 7. The summed E-state index contributed by atoms with van der Waals surface area (Å²) in [6.45, 7) is 0.651. The number of nitrogens with one attached hydrogen (secondary N) is 2. The summed E-state index contributed by atoms with van der Waals surface area (Å²) >= 11 is 5.98. The highest BCUT2D eigenvalue weighted by molar-refractivity contribution is 6.31. The molecule has 0 aliphatic carbocycles. The number of amides is 1. The van der Waals surface area contributed by atoms with E-state index in [0.717, 1.165) is 10.5 Å². The summed E-state index contributed by atoms with van der Waals surface area (Å²) < 4.78 is 10.9. The van der Waals surface area contributed by atoms with Crippen LogP contribution in [0.25, 0.3) is 11.5 Å². The van der Waals surface area contributed by atoms with E-state index >= 15 is 0 Å². The lowest BCUT2D eigenvalue weighted by Gasteiger charge is -2.13. The molecule has 1 atom stereocenters. The van der Waals surface area contributed by atoms with Crippen molar-refractivity contribution in [3.05, 3.63) is 59.4 Å². The minimum absolute atomic E-state index is 0.170. The van der Waals surface area contributed by atoms with Crippen LogP contribution in [0.5, 0.6) is 5.75 Å². The first-order valence-corrected chi connectivity index (χ1v) is 8.75. The van der Waals surface area contributed by atoms with Gasteiger partial charge in [-0.15, -0.1) is 10.2 Å². The van der Waals surface area contributed by atoms with E-state index in [4.69, 9.17) is 20.8 Å². The van der Waals surface area contributed by atoms with E-state index in [1.165, 1.54) is 7.11 Å². The molecule has 0 saturated heterocycles. The minimum Gasteiger partial charge on any atom is -0.495 e. The molecule has 1 heterocycles. The van der Waals surface area contributed by atoms with Crippen molar-refractivity contribution >= 4 is 23.2 Å². The SMILES string of the molecule is COc1ccc(Cl)cc1NC(=O)C[NH+](C)Cc1nnc(-c2ccccc2)o1. The molecule has 0 radical (unpaired) electrons. The molecule has 3 rings (SSSR count). The molecule has 0 aliphatic heterocycles. The third kappa shape index (κ3) is 5.06. The molecule has 0 saturated carbocycles. The molecular formula is C19H20ClN4O3+. The summed E-state index contributed by atoms with van der Waals surface area (Å²) in [5.74, 6) is 1.32. The number of hydrogen-bond donors (Lipinski definition) is 2. The van der Waals surface area contributed by atoms with Crippen LogP contribution < -0.4 is 15.0 Å². The lowest BCUT2D eigenvalue weighted by atomic mass is 10.2. The molecule has 3 aromatic rings. The van der Waals surface area contributed by atoms with E-state index in [1.54, 1.807) is 18.2 Å². The van der Waals surface area contributed by atoms with Crippen molar-refractivity contribution in [2.24, 2.45) is 0 Å². The normalized spacial score (nSPS) is 11.8. The lowest BCUT2D eigenvalue weighted by molar-refractivity contribution is -0.886. The Morgan fingerprint density at radius 3 is 2.74 bits per heavy atom. The fraction of sp³-hybridized carbons (Fsp3) is 0.211. The maximum Gasteiger partial charge on any atom is 0.279 e. The second-order valence-corrected chi connectivity index (χ2v) is 6.51. The largest absolute Gasteiger partial charge is 0.495 e. The number of carbonyl (C=O) groups excluding carboxylic acids is 1. The first-order chi connectivity index (χ1) is 13.0. The third-order valence-electron chi connectivity index (χ3n) is 3.84. The molecule has 0 bridgehead atoms. The van der Waals surface area contributed by atoms with Crippen molar-refractivity contribution in [1.29, 1.82) is 0 Å². The van der Waals surface area contributed by atoms with Gasteiger partial charge in [0.15, 0.2) is 13.1 Å². The number of methoxy groups -OCH3 is 1. The van der Waals surface area contributed by atoms with Gasteiger partial charge in [0.1, 0.15) is 5.75 Å². The van der Waals surface area contributed by atoms with Gasteiger partial charge >= 0.3 is 0 Å². The van der Waals surface area contributed by atoms with Crippen molar-refractivity contribution < 1.29 is 18.8 Å².